The quantitative estimate of drug-likeness (QED) is 0.922. The summed E-state index contributed by atoms with van der Waals surface area (Å²) in [6.45, 7) is 3.74. The molecule has 2 aliphatic rings. The number of nitrogens with zero attached hydrogens (tertiary/aromatic N) is 1. The van der Waals surface area contributed by atoms with Crippen LogP contribution >= 0.6 is 11.6 Å². The first-order valence-electron chi connectivity index (χ1n) is 7.95. The van der Waals surface area contributed by atoms with E-state index in [0.717, 1.165) is 5.69 Å². The molecule has 0 spiro atoms. The van der Waals surface area contributed by atoms with Crippen molar-refractivity contribution in [2.75, 3.05) is 24.7 Å². The number of anilines is 1. The molecule has 124 valence electrons. The van der Waals surface area contributed by atoms with E-state index in [0.29, 0.717) is 44.0 Å². The first kappa shape index (κ1) is 16.3. The third-order valence-corrected chi connectivity index (χ3v) is 5.05. The van der Waals surface area contributed by atoms with E-state index in [-0.39, 0.29) is 11.8 Å². The molecule has 0 radical (unpaired) electrons. The predicted molar refractivity (Wildman–Crippen MR) is 88.5 cm³/mol. The highest BCUT2D eigenvalue weighted by Gasteiger charge is 2.40. The van der Waals surface area contributed by atoms with Crippen LogP contribution < -0.4 is 10.2 Å². The van der Waals surface area contributed by atoms with E-state index in [2.05, 4.69) is 5.32 Å². The maximum Gasteiger partial charge on any atom is 0.249 e. The summed E-state index contributed by atoms with van der Waals surface area (Å²) in [5.74, 6) is -0.103. The van der Waals surface area contributed by atoms with Crippen LogP contribution in [0.5, 0.6) is 0 Å². The van der Waals surface area contributed by atoms with E-state index in [4.69, 9.17) is 16.3 Å². The largest absolute Gasteiger partial charge is 0.381 e. The van der Waals surface area contributed by atoms with Crippen molar-refractivity contribution in [1.29, 1.82) is 0 Å². The van der Waals surface area contributed by atoms with E-state index in [1.807, 2.05) is 19.1 Å². The zero-order chi connectivity index (χ0) is 16.4. The Hall–Kier alpha value is -1.59. The Balaban J connectivity index is 1.65. The number of hydrogen-bond acceptors (Lipinski definition) is 3. The van der Waals surface area contributed by atoms with Crippen LogP contribution in [0, 0.1) is 5.41 Å². The second-order valence-corrected chi connectivity index (χ2v) is 6.89. The third-order valence-electron chi connectivity index (χ3n) is 4.79. The Labute approximate surface area is 140 Å². The molecular weight excluding hydrogens is 316 g/mol. The zero-order valence-corrected chi connectivity index (χ0v) is 13.9. The topological polar surface area (TPSA) is 58.6 Å². The standard InChI is InChI=1S/C17H21ClN2O3/c1-17(7-10-23-11-8-17)16(22)19-14-6-9-20(15(14)21)13-4-2-12(18)3-5-13/h2-5,14H,6-11H2,1H3,(H,19,22)/t14-/m0/s1. The first-order chi connectivity index (χ1) is 11.0. The number of rotatable bonds is 3. The summed E-state index contributed by atoms with van der Waals surface area (Å²) >= 11 is 5.88. The van der Waals surface area contributed by atoms with E-state index < -0.39 is 11.5 Å². The summed E-state index contributed by atoms with van der Waals surface area (Å²) in [6.07, 6.45) is 2.01. The minimum Gasteiger partial charge on any atom is -0.381 e. The fraction of sp³-hybridized carbons (Fsp3) is 0.529. The van der Waals surface area contributed by atoms with Crippen molar-refractivity contribution < 1.29 is 14.3 Å². The summed E-state index contributed by atoms with van der Waals surface area (Å²) in [5, 5.41) is 3.57. The van der Waals surface area contributed by atoms with Gasteiger partial charge in [-0.2, -0.15) is 0 Å². The summed E-state index contributed by atoms with van der Waals surface area (Å²) < 4.78 is 5.32. The molecule has 0 bridgehead atoms. The van der Waals surface area contributed by atoms with Crippen molar-refractivity contribution in [3.63, 3.8) is 0 Å². The Bertz CT molecular complexity index is 596. The van der Waals surface area contributed by atoms with Crippen molar-refractivity contribution in [2.45, 2.75) is 32.2 Å². The monoisotopic (exact) mass is 336 g/mol. The van der Waals surface area contributed by atoms with Crippen LogP contribution in [0.3, 0.4) is 0 Å². The highest BCUT2D eigenvalue weighted by atomic mass is 35.5. The maximum absolute atomic E-state index is 12.6. The molecule has 2 saturated heterocycles. The van der Waals surface area contributed by atoms with Crippen LogP contribution in [-0.4, -0.2) is 37.6 Å². The van der Waals surface area contributed by atoms with Gasteiger partial charge in [0.15, 0.2) is 0 Å². The lowest BCUT2D eigenvalue weighted by Gasteiger charge is -2.32. The molecule has 5 nitrogen and oxygen atoms in total. The molecule has 1 N–H and O–H groups in total. The van der Waals surface area contributed by atoms with E-state index >= 15 is 0 Å². The Morgan fingerprint density at radius 3 is 2.61 bits per heavy atom. The van der Waals surface area contributed by atoms with Gasteiger partial charge in [-0.15, -0.1) is 0 Å². The lowest BCUT2D eigenvalue weighted by molar-refractivity contribution is -0.137. The number of amides is 2. The fourth-order valence-electron chi connectivity index (χ4n) is 3.07. The number of carbonyl (C=O) groups is 2. The van der Waals surface area contributed by atoms with Crippen LogP contribution in [-0.2, 0) is 14.3 Å². The molecule has 0 saturated carbocycles. The van der Waals surface area contributed by atoms with Gasteiger partial charge in [0, 0.05) is 30.5 Å². The van der Waals surface area contributed by atoms with E-state index in [1.54, 1.807) is 17.0 Å². The smallest absolute Gasteiger partial charge is 0.249 e. The second-order valence-electron chi connectivity index (χ2n) is 6.45. The van der Waals surface area contributed by atoms with Gasteiger partial charge < -0.3 is 15.0 Å². The second kappa shape index (κ2) is 6.49. The van der Waals surface area contributed by atoms with Gasteiger partial charge in [0.2, 0.25) is 11.8 Å². The molecular formula is C17H21ClN2O3. The molecule has 2 amide bonds. The minimum atomic E-state index is -0.446. The van der Waals surface area contributed by atoms with E-state index in [1.165, 1.54) is 0 Å². The maximum atomic E-state index is 12.6. The Morgan fingerprint density at radius 2 is 1.96 bits per heavy atom. The molecule has 2 fully saturated rings. The summed E-state index contributed by atoms with van der Waals surface area (Å²) in [7, 11) is 0. The van der Waals surface area contributed by atoms with Gasteiger partial charge in [-0.3, -0.25) is 9.59 Å². The van der Waals surface area contributed by atoms with Gasteiger partial charge in [-0.25, -0.2) is 0 Å². The molecule has 1 aromatic carbocycles. The highest BCUT2D eigenvalue weighted by molar-refractivity contribution is 6.30. The zero-order valence-electron chi connectivity index (χ0n) is 13.2. The molecule has 3 rings (SSSR count). The molecule has 2 heterocycles. The highest BCUT2D eigenvalue weighted by Crippen LogP contribution is 2.31. The molecule has 6 heteroatoms. The van der Waals surface area contributed by atoms with Crippen LogP contribution in [0.25, 0.3) is 0 Å². The number of ether oxygens (including phenoxy) is 1. The lowest BCUT2D eigenvalue weighted by atomic mass is 9.81. The number of nitrogens with one attached hydrogen (secondary N) is 1. The third kappa shape index (κ3) is 3.35. The van der Waals surface area contributed by atoms with Crippen LogP contribution in [0.4, 0.5) is 5.69 Å². The summed E-state index contributed by atoms with van der Waals surface area (Å²) in [5.41, 5.74) is 0.375. The molecule has 1 aromatic rings. The molecule has 1 atom stereocenters. The summed E-state index contributed by atoms with van der Waals surface area (Å²) in [6, 6.07) is 6.73. The van der Waals surface area contributed by atoms with Crippen molar-refractivity contribution in [2.24, 2.45) is 5.41 Å². The Kier molecular flexibility index (Phi) is 4.60. The molecule has 2 aliphatic heterocycles. The lowest BCUT2D eigenvalue weighted by Crippen LogP contribution is -2.49. The van der Waals surface area contributed by atoms with E-state index in [9.17, 15) is 9.59 Å². The number of benzene rings is 1. The van der Waals surface area contributed by atoms with Gasteiger partial charge in [-0.1, -0.05) is 18.5 Å². The van der Waals surface area contributed by atoms with Crippen LogP contribution in [0.1, 0.15) is 26.2 Å². The SMILES string of the molecule is CC1(C(=O)N[C@H]2CCN(c3ccc(Cl)cc3)C2=O)CCOCC1. The number of hydrogen-bond donors (Lipinski definition) is 1. The molecule has 0 aliphatic carbocycles. The molecule has 0 unspecified atom stereocenters. The van der Waals surface area contributed by atoms with Gasteiger partial charge in [0.05, 0.1) is 5.41 Å². The van der Waals surface area contributed by atoms with Gasteiger partial charge in [0.1, 0.15) is 6.04 Å². The fourth-order valence-corrected chi connectivity index (χ4v) is 3.20. The minimum absolute atomic E-state index is 0.0443. The van der Waals surface area contributed by atoms with Crippen molar-refractivity contribution >= 4 is 29.1 Å². The molecule has 23 heavy (non-hydrogen) atoms. The normalized spacial score (nSPS) is 23.8. The summed E-state index contributed by atoms with van der Waals surface area (Å²) in [4.78, 5) is 26.8. The van der Waals surface area contributed by atoms with Crippen LogP contribution in [0.2, 0.25) is 5.02 Å². The van der Waals surface area contributed by atoms with Gasteiger partial charge >= 0.3 is 0 Å². The number of carbonyl (C=O) groups excluding carboxylic acids is 2. The van der Waals surface area contributed by atoms with Gasteiger partial charge in [-0.05, 0) is 43.5 Å². The van der Waals surface area contributed by atoms with Crippen molar-refractivity contribution in [3.05, 3.63) is 29.3 Å². The Morgan fingerprint density at radius 1 is 1.30 bits per heavy atom. The average molecular weight is 337 g/mol. The first-order valence-corrected chi connectivity index (χ1v) is 8.33. The van der Waals surface area contributed by atoms with Crippen molar-refractivity contribution in [1.82, 2.24) is 5.32 Å². The predicted octanol–water partition coefficient (Wildman–Crippen LogP) is 2.38. The van der Waals surface area contributed by atoms with Crippen molar-refractivity contribution in [3.8, 4) is 0 Å². The molecule has 0 aromatic heterocycles. The van der Waals surface area contributed by atoms with Gasteiger partial charge in [0.25, 0.3) is 0 Å². The van der Waals surface area contributed by atoms with Crippen LogP contribution in [0.15, 0.2) is 24.3 Å². The average Bonchev–Trinajstić information content (AvgIpc) is 2.90. The number of halogens is 1.